The molecule has 0 fully saturated rings. The van der Waals surface area contributed by atoms with Crippen molar-refractivity contribution in [1.29, 1.82) is 0 Å². The van der Waals surface area contributed by atoms with Gasteiger partial charge in [0.2, 0.25) is 0 Å². The predicted octanol–water partition coefficient (Wildman–Crippen LogP) is 13.8. The van der Waals surface area contributed by atoms with Crippen molar-refractivity contribution < 1.29 is 0 Å². The van der Waals surface area contributed by atoms with E-state index in [0.29, 0.717) is 0 Å². The normalized spacial score (nSPS) is 11.5. The summed E-state index contributed by atoms with van der Waals surface area (Å²) in [6.45, 7) is 0. The minimum Gasteiger partial charge on any atom is -0.179 e. The molecule has 0 amide bonds. The van der Waals surface area contributed by atoms with Crippen molar-refractivity contribution in [3.63, 3.8) is 0 Å². The second kappa shape index (κ2) is 36.1. The lowest BCUT2D eigenvalue weighted by Crippen LogP contribution is -1.85. The molecule has 2 heteroatoms. The zero-order valence-electron chi connectivity index (χ0n) is 24.9. The molecule has 0 spiro atoms. The van der Waals surface area contributed by atoms with E-state index in [1.165, 1.54) is 210 Å². The molecule has 0 aromatic rings. The molecule has 0 radical (unpaired) electrons. The maximum atomic E-state index is 4.29. The summed E-state index contributed by atoms with van der Waals surface area (Å²) < 4.78 is 1.34. The topological polar surface area (TPSA) is 0 Å². The average molecular weight is 637 g/mol. The summed E-state index contributed by atoms with van der Waals surface area (Å²) in [5, 5.41) is 0. The van der Waals surface area contributed by atoms with Crippen LogP contribution in [0.4, 0.5) is 0 Å². The van der Waals surface area contributed by atoms with Crippen molar-refractivity contribution in [3.05, 3.63) is 0 Å². The zero-order chi connectivity index (χ0) is 26.0. The number of hydrogen-bond acceptors (Lipinski definition) is 1. The summed E-state index contributed by atoms with van der Waals surface area (Å²) >= 11 is 6.79. The highest BCUT2D eigenvalue weighted by molar-refractivity contribution is 14.1. The van der Waals surface area contributed by atoms with E-state index in [1.54, 1.807) is 0 Å². The van der Waals surface area contributed by atoms with E-state index in [0.717, 1.165) is 5.75 Å². The lowest BCUT2D eigenvalue weighted by Gasteiger charge is -2.04. The molecular formula is C34H69IS. The van der Waals surface area contributed by atoms with E-state index in [1.807, 2.05) is 0 Å². The Labute approximate surface area is 249 Å². The van der Waals surface area contributed by atoms with Crippen LogP contribution in [0, 0.1) is 0 Å². The van der Waals surface area contributed by atoms with E-state index in [-0.39, 0.29) is 0 Å². The second-order valence-corrected chi connectivity index (χ2v) is 13.3. The van der Waals surface area contributed by atoms with E-state index >= 15 is 0 Å². The Kier molecular flexibility index (Phi) is 37.2. The highest BCUT2D eigenvalue weighted by Crippen LogP contribution is 2.16. The van der Waals surface area contributed by atoms with Gasteiger partial charge in [0, 0.05) is 0 Å². The van der Waals surface area contributed by atoms with Gasteiger partial charge in [-0.05, 0) is 23.0 Å². The number of unbranched alkanes of at least 4 members (excludes halogenated alkanes) is 31. The predicted molar refractivity (Wildman–Crippen MR) is 180 cm³/mol. The van der Waals surface area contributed by atoms with Crippen LogP contribution in [0.15, 0.2) is 0 Å². The van der Waals surface area contributed by atoms with Crippen molar-refractivity contribution in [2.24, 2.45) is 0 Å². The van der Waals surface area contributed by atoms with Crippen molar-refractivity contribution in [2.45, 2.75) is 205 Å². The fourth-order valence-electron chi connectivity index (χ4n) is 5.51. The Morgan fingerprint density at radius 1 is 0.222 bits per heavy atom. The maximum Gasteiger partial charge on any atom is -0.000473 e. The van der Waals surface area contributed by atoms with Crippen LogP contribution in [0.3, 0.4) is 0 Å². The monoisotopic (exact) mass is 636 g/mol. The minimum absolute atomic E-state index is 1.07. The fraction of sp³-hybridized carbons (Fsp3) is 1.00. The van der Waals surface area contributed by atoms with Gasteiger partial charge in [-0.2, -0.15) is 12.6 Å². The molecule has 36 heavy (non-hydrogen) atoms. The van der Waals surface area contributed by atoms with Gasteiger partial charge in [0.1, 0.15) is 0 Å². The first kappa shape index (κ1) is 37.1. The van der Waals surface area contributed by atoms with Crippen LogP contribution in [0.1, 0.15) is 205 Å². The van der Waals surface area contributed by atoms with Crippen LogP contribution in [0.2, 0.25) is 0 Å². The molecule has 0 aliphatic rings. The summed E-state index contributed by atoms with van der Waals surface area (Å²) in [4.78, 5) is 0. The highest BCUT2D eigenvalue weighted by atomic mass is 127. The lowest BCUT2D eigenvalue weighted by atomic mass is 10.0. The van der Waals surface area contributed by atoms with Gasteiger partial charge < -0.3 is 0 Å². The van der Waals surface area contributed by atoms with E-state index in [9.17, 15) is 0 Å². The molecule has 0 rings (SSSR count). The smallest absolute Gasteiger partial charge is 0.000473 e. The first-order valence-electron chi connectivity index (χ1n) is 17.1. The van der Waals surface area contributed by atoms with E-state index in [4.69, 9.17) is 0 Å². The number of alkyl halides is 1. The lowest BCUT2D eigenvalue weighted by molar-refractivity contribution is 0.512. The van der Waals surface area contributed by atoms with Crippen LogP contribution < -0.4 is 0 Å². The third-order valence-electron chi connectivity index (χ3n) is 8.04. The second-order valence-electron chi connectivity index (χ2n) is 11.7. The molecule has 0 nitrogen and oxygen atoms in total. The van der Waals surface area contributed by atoms with Crippen LogP contribution in [-0.4, -0.2) is 10.2 Å². The number of rotatable bonds is 33. The van der Waals surface area contributed by atoms with Gasteiger partial charge in [-0.1, -0.05) is 215 Å². The van der Waals surface area contributed by atoms with Crippen LogP contribution in [-0.2, 0) is 0 Å². The SMILES string of the molecule is SCCCCCCCCCCCCCCCCCCCCCCCCCCCCCCCCCCI. The van der Waals surface area contributed by atoms with Gasteiger partial charge in [-0.3, -0.25) is 0 Å². The summed E-state index contributed by atoms with van der Waals surface area (Å²) in [5.41, 5.74) is 0. The van der Waals surface area contributed by atoms with E-state index in [2.05, 4.69) is 35.2 Å². The molecule has 0 saturated heterocycles. The summed E-state index contributed by atoms with van der Waals surface area (Å²) in [7, 11) is 0. The Balaban J connectivity index is 3.00. The van der Waals surface area contributed by atoms with E-state index < -0.39 is 0 Å². The van der Waals surface area contributed by atoms with Gasteiger partial charge in [0.05, 0.1) is 0 Å². The van der Waals surface area contributed by atoms with Crippen molar-refractivity contribution in [1.82, 2.24) is 0 Å². The Morgan fingerprint density at radius 2 is 0.361 bits per heavy atom. The number of thiol groups is 1. The average Bonchev–Trinajstić information content (AvgIpc) is 2.89. The Morgan fingerprint density at radius 3 is 0.500 bits per heavy atom. The maximum absolute atomic E-state index is 4.29. The number of halogens is 1. The number of hydrogen-bond donors (Lipinski definition) is 1. The molecule has 0 unspecified atom stereocenters. The summed E-state index contributed by atoms with van der Waals surface area (Å²) in [6.07, 6.45) is 47.1. The highest BCUT2D eigenvalue weighted by Gasteiger charge is 1.97. The summed E-state index contributed by atoms with van der Waals surface area (Å²) in [5.74, 6) is 1.07. The van der Waals surface area contributed by atoms with Crippen LogP contribution in [0.5, 0.6) is 0 Å². The zero-order valence-corrected chi connectivity index (χ0v) is 27.9. The van der Waals surface area contributed by atoms with Crippen LogP contribution in [0.25, 0.3) is 0 Å². The van der Waals surface area contributed by atoms with Gasteiger partial charge in [-0.15, -0.1) is 0 Å². The van der Waals surface area contributed by atoms with Crippen molar-refractivity contribution in [2.75, 3.05) is 10.2 Å². The first-order chi connectivity index (χ1) is 17.9. The first-order valence-corrected chi connectivity index (χ1v) is 19.2. The van der Waals surface area contributed by atoms with Crippen LogP contribution >= 0.6 is 35.2 Å². The largest absolute Gasteiger partial charge is 0.179 e. The molecule has 0 aromatic carbocycles. The van der Waals surface area contributed by atoms with Crippen molar-refractivity contribution >= 4 is 35.2 Å². The molecular weight excluding hydrogens is 567 g/mol. The quantitative estimate of drug-likeness (QED) is 0.0315. The van der Waals surface area contributed by atoms with Gasteiger partial charge in [0.25, 0.3) is 0 Å². The van der Waals surface area contributed by atoms with Gasteiger partial charge in [-0.25, -0.2) is 0 Å². The third-order valence-corrected chi connectivity index (χ3v) is 9.12. The Bertz CT molecular complexity index is 325. The van der Waals surface area contributed by atoms with Crippen molar-refractivity contribution in [3.8, 4) is 0 Å². The third kappa shape index (κ3) is 35.1. The Hall–Kier alpha value is 1.08. The minimum atomic E-state index is 1.07. The molecule has 0 N–H and O–H groups in total. The molecule has 0 aliphatic heterocycles. The molecule has 0 aliphatic carbocycles. The molecule has 0 saturated carbocycles. The standard InChI is InChI=1S/C34H69IS/c35-33-31-29-27-25-23-21-19-17-15-13-11-9-7-5-3-1-2-4-6-8-10-12-14-16-18-20-22-24-26-28-30-32-34-36/h36H,1-34H2. The summed E-state index contributed by atoms with van der Waals surface area (Å²) in [6, 6.07) is 0. The molecule has 218 valence electrons. The molecule has 0 heterocycles. The van der Waals surface area contributed by atoms with Gasteiger partial charge >= 0.3 is 0 Å². The van der Waals surface area contributed by atoms with Gasteiger partial charge in [0.15, 0.2) is 0 Å². The molecule has 0 aromatic heterocycles. The molecule has 0 bridgehead atoms. The fourth-order valence-corrected chi connectivity index (χ4v) is 6.27. The molecule has 0 atom stereocenters.